The smallest absolute Gasteiger partial charge is 0.319 e. The van der Waals surface area contributed by atoms with Gasteiger partial charge in [0, 0.05) is 4.90 Å². The Hall–Kier alpha value is -0.960. The second-order valence-electron chi connectivity index (χ2n) is 4.35. The van der Waals surface area contributed by atoms with Gasteiger partial charge in [0.1, 0.15) is 5.25 Å². The number of hydrogen-bond acceptors (Lipinski definition) is 3. The zero-order valence-corrected chi connectivity index (χ0v) is 12.3. The normalized spacial score (nSPS) is 12.2. The van der Waals surface area contributed by atoms with E-state index in [2.05, 4.69) is 38.1 Å². The Kier molecular flexibility index (Phi) is 6.88. The van der Waals surface area contributed by atoms with Crippen LogP contribution < -0.4 is 0 Å². The van der Waals surface area contributed by atoms with Crippen molar-refractivity contribution in [1.29, 1.82) is 0 Å². The van der Waals surface area contributed by atoms with E-state index >= 15 is 0 Å². The van der Waals surface area contributed by atoms with Gasteiger partial charge in [-0.2, -0.15) is 0 Å². The van der Waals surface area contributed by atoms with Crippen LogP contribution >= 0.6 is 11.8 Å². The lowest BCUT2D eigenvalue weighted by Crippen LogP contribution is -2.19. The van der Waals surface area contributed by atoms with Crippen molar-refractivity contribution >= 4 is 17.7 Å². The molecule has 0 fully saturated rings. The topological polar surface area (TPSA) is 26.3 Å². The second-order valence-corrected chi connectivity index (χ2v) is 5.62. The summed E-state index contributed by atoms with van der Waals surface area (Å²) in [6, 6.07) is 8.25. The zero-order chi connectivity index (χ0) is 13.4. The summed E-state index contributed by atoms with van der Waals surface area (Å²) in [5.74, 6) is -0.0866. The maximum Gasteiger partial charge on any atom is 0.319 e. The molecule has 0 spiro atoms. The van der Waals surface area contributed by atoms with Crippen molar-refractivity contribution in [3.05, 3.63) is 29.8 Å². The van der Waals surface area contributed by atoms with Crippen LogP contribution in [-0.4, -0.2) is 17.8 Å². The van der Waals surface area contributed by atoms with Gasteiger partial charge in [-0.05, 0) is 31.9 Å². The van der Waals surface area contributed by atoms with Gasteiger partial charge in [-0.3, -0.25) is 4.79 Å². The quantitative estimate of drug-likeness (QED) is 0.420. The van der Waals surface area contributed by atoms with Crippen LogP contribution in [0.4, 0.5) is 0 Å². The highest BCUT2D eigenvalue weighted by Gasteiger charge is 2.19. The Balaban J connectivity index is 2.50. The largest absolute Gasteiger partial charge is 0.465 e. The van der Waals surface area contributed by atoms with Crippen molar-refractivity contribution in [1.82, 2.24) is 0 Å². The zero-order valence-electron chi connectivity index (χ0n) is 11.4. The number of esters is 1. The van der Waals surface area contributed by atoms with Crippen molar-refractivity contribution < 1.29 is 9.53 Å². The van der Waals surface area contributed by atoms with E-state index in [0.29, 0.717) is 6.61 Å². The van der Waals surface area contributed by atoms with Crippen LogP contribution in [0.1, 0.15) is 38.7 Å². The summed E-state index contributed by atoms with van der Waals surface area (Å²) < 4.78 is 5.27. The van der Waals surface area contributed by atoms with Gasteiger partial charge >= 0.3 is 5.97 Å². The van der Waals surface area contributed by atoms with E-state index < -0.39 is 0 Å². The third-order valence-electron chi connectivity index (χ3n) is 2.68. The third-order valence-corrected chi connectivity index (χ3v) is 4.03. The lowest BCUT2D eigenvalue weighted by molar-refractivity contribution is -0.143. The second kappa shape index (κ2) is 8.20. The Labute approximate surface area is 114 Å². The Morgan fingerprint density at radius 1 is 1.28 bits per heavy atom. The molecule has 0 saturated carbocycles. The number of thioether (sulfide) groups is 1. The Morgan fingerprint density at radius 2 is 1.94 bits per heavy atom. The van der Waals surface area contributed by atoms with Crippen LogP contribution in [0, 0.1) is 6.92 Å². The van der Waals surface area contributed by atoms with Crippen LogP contribution in [0.5, 0.6) is 0 Å². The average Bonchev–Trinajstić information content (AvgIpc) is 2.38. The maximum atomic E-state index is 11.9. The highest BCUT2D eigenvalue weighted by Crippen LogP contribution is 2.26. The fraction of sp³-hybridized carbons (Fsp3) is 0.533. The van der Waals surface area contributed by atoms with Crippen LogP contribution in [0.2, 0.25) is 0 Å². The molecular weight excluding hydrogens is 244 g/mol. The first-order valence-electron chi connectivity index (χ1n) is 6.57. The number of aryl methyl sites for hydroxylation is 1. The van der Waals surface area contributed by atoms with Gasteiger partial charge < -0.3 is 4.74 Å². The van der Waals surface area contributed by atoms with Crippen molar-refractivity contribution in [3.8, 4) is 0 Å². The minimum absolute atomic E-state index is 0.0866. The number of carbonyl (C=O) groups is 1. The van der Waals surface area contributed by atoms with Gasteiger partial charge in [0.05, 0.1) is 6.61 Å². The van der Waals surface area contributed by atoms with Crippen molar-refractivity contribution in [2.75, 3.05) is 6.61 Å². The van der Waals surface area contributed by atoms with E-state index in [1.54, 1.807) is 11.8 Å². The molecule has 1 unspecified atom stereocenters. The number of unbranched alkanes of at least 4 members (excludes halogenated alkanes) is 1. The number of ether oxygens (including phenoxy) is 1. The SMILES string of the molecule is CCCCOC(=O)C(CC)Sc1ccc(C)cc1. The summed E-state index contributed by atoms with van der Waals surface area (Å²) in [6.45, 7) is 6.71. The summed E-state index contributed by atoms with van der Waals surface area (Å²) in [4.78, 5) is 13.0. The van der Waals surface area contributed by atoms with Gasteiger partial charge in [-0.25, -0.2) is 0 Å². The van der Waals surface area contributed by atoms with E-state index in [9.17, 15) is 4.79 Å². The standard InChI is InChI=1S/C15H22O2S/c1-4-6-11-17-15(16)14(5-2)18-13-9-7-12(3)8-10-13/h7-10,14H,4-6,11H2,1-3H3. The molecule has 0 bridgehead atoms. The fourth-order valence-electron chi connectivity index (χ4n) is 1.49. The lowest BCUT2D eigenvalue weighted by atomic mass is 10.2. The van der Waals surface area contributed by atoms with E-state index in [-0.39, 0.29) is 11.2 Å². The van der Waals surface area contributed by atoms with Gasteiger partial charge in [0.15, 0.2) is 0 Å². The Morgan fingerprint density at radius 3 is 2.50 bits per heavy atom. The molecule has 1 rings (SSSR count). The molecule has 1 atom stereocenters. The number of benzene rings is 1. The van der Waals surface area contributed by atoms with Gasteiger partial charge in [0.2, 0.25) is 0 Å². The van der Waals surface area contributed by atoms with E-state index in [1.807, 2.05) is 6.92 Å². The molecule has 0 saturated heterocycles. The number of carbonyl (C=O) groups excluding carboxylic acids is 1. The highest BCUT2D eigenvalue weighted by molar-refractivity contribution is 8.00. The van der Waals surface area contributed by atoms with E-state index in [1.165, 1.54) is 5.56 Å². The Bertz CT molecular complexity index is 359. The predicted octanol–water partition coefficient (Wildman–Crippen LogP) is 4.21. The fourth-order valence-corrected chi connectivity index (χ4v) is 2.44. The minimum Gasteiger partial charge on any atom is -0.465 e. The molecule has 100 valence electrons. The van der Waals surface area contributed by atoms with Crippen molar-refractivity contribution in [2.45, 2.75) is 50.2 Å². The molecule has 0 heterocycles. The van der Waals surface area contributed by atoms with Gasteiger partial charge in [-0.1, -0.05) is 38.0 Å². The first-order valence-corrected chi connectivity index (χ1v) is 7.45. The number of rotatable bonds is 7. The molecule has 0 aliphatic rings. The van der Waals surface area contributed by atoms with Crippen LogP contribution in [0.25, 0.3) is 0 Å². The number of hydrogen-bond donors (Lipinski definition) is 0. The molecule has 0 amide bonds. The summed E-state index contributed by atoms with van der Waals surface area (Å²) in [5.41, 5.74) is 1.23. The van der Waals surface area contributed by atoms with Crippen molar-refractivity contribution in [2.24, 2.45) is 0 Å². The molecule has 3 heteroatoms. The third kappa shape index (κ3) is 5.13. The molecule has 0 aromatic heterocycles. The molecular formula is C15H22O2S. The molecule has 1 aromatic rings. The van der Waals surface area contributed by atoms with Gasteiger partial charge in [0.25, 0.3) is 0 Å². The van der Waals surface area contributed by atoms with Crippen LogP contribution in [-0.2, 0) is 9.53 Å². The summed E-state index contributed by atoms with van der Waals surface area (Å²) in [6.07, 6.45) is 2.79. The molecule has 2 nitrogen and oxygen atoms in total. The highest BCUT2D eigenvalue weighted by atomic mass is 32.2. The summed E-state index contributed by atoms with van der Waals surface area (Å²) >= 11 is 1.59. The lowest BCUT2D eigenvalue weighted by Gasteiger charge is -2.13. The first-order chi connectivity index (χ1) is 8.67. The average molecular weight is 266 g/mol. The van der Waals surface area contributed by atoms with Crippen LogP contribution in [0.3, 0.4) is 0 Å². The molecule has 0 N–H and O–H groups in total. The maximum absolute atomic E-state index is 11.9. The summed E-state index contributed by atoms with van der Waals surface area (Å²) in [7, 11) is 0. The molecule has 18 heavy (non-hydrogen) atoms. The first kappa shape index (κ1) is 15.1. The molecule has 0 aliphatic carbocycles. The van der Waals surface area contributed by atoms with E-state index in [4.69, 9.17) is 4.74 Å². The molecule has 0 aliphatic heterocycles. The van der Waals surface area contributed by atoms with Gasteiger partial charge in [-0.15, -0.1) is 11.8 Å². The predicted molar refractivity (Wildman–Crippen MR) is 77.0 cm³/mol. The van der Waals surface area contributed by atoms with Crippen LogP contribution in [0.15, 0.2) is 29.2 Å². The van der Waals surface area contributed by atoms with Crippen molar-refractivity contribution in [3.63, 3.8) is 0 Å². The monoisotopic (exact) mass is 266 g/mol. The molecule has 1 aromatic carbocycles. The minimum atomic E-state index is -0.0930. The summed E-state index contributed by atoms with van der Waals surface area (Å²) in [5, 5.41) is -0.0930. The molecule has 0 radical (unpaired) electrons. The van der Waals surface area contributed by atoms with E-state index in [0.717, 1.165) is 24.2 Å².